The van der Waals surface area contributed by atoms with Crippen LogP contribution in [0.2, 0.25) is 0 Å². The summed E-state index contributed by atoms with van der Waals surface area (Å²) in [6.45, 7) is 5.67. The molecule has 3 rings (SSSR count). The van der Waals surface area contributed by atoms with Gasteiger partial charge in [-0.05, 0) is 57.0 Å². The summed E-state index contributed by atoms with van der Waals surface area (Å²) >= 11 is 0. The highest BCUT2D eigenvalue weighted by molar-refractivity contribution is 5.81. The molecule has 2 aliphatic heterocycles. The fourth-order valence-electron chi connectivity index (χ4n) is 4.78. The van der Waals surface area contributed by atoms with Gasteiger partial charge in [0.05, 0.1) is 6.04 Å². The molecule has 4 nitrogen and oxygen atoms in total. The van der Waals surface area contributed by atoms with Crippen molar-refractivity contribution in [1.29, 1.82) is 0 Å². The van der Waals surface area contributed by atoms with Crippen LogP contribution in [0, 0.1) is 11.8 Å². The summed E-state index contributed by atoms with van der Waals surface area (Å²) in [5.74, 6) is 1.69. The van der Waals surface area contributed by atoms with Gasteiger partial charge in [0.1, 0.15) is 0 Å². The van der Waals surface area contributed by atoms with Crippen LogP contribution in [0.1, 0.15) is 64.2 Å². The van der Waals surface area contributed by atoms with Crippen LogP contribution in [0.5, 0.6) is 0 Å². The Hall–Kier alpha value is -0.610. The number of carbonyl (C=O) groups is 1. The van der Waals surface area contributed by atoms with Crippen LogP contribution in [0.4, 0.5) is 0 Å². The van der Waals surface area contributed by atoms with Gasteiger partial charge >= 0.3 is 0 Å². The largest absolute Gasteiger partial charge is 0.341 e. The summed E-state index contributed by atoms with van der Waals surface area (Å²) in [5, 5.41) is 0. The van der Waals surface area contributed by atoms with Crippen molar-refractivity contribution in [2.24, 2.45) is 17.6 Å². The summed E-state index contributed by atoms with van der Waals surface area (Å²) in [6.07, 6.45) is 12.5. The minimum absolute atomic E-state index is 0.218. The number of piperidine rings is 1. The van der Waals surface area contributed by atoms with Gasteiger partial charge in [0.25, 0.3) is 0 Å². The van der Waals surface area contributed by atoms with Crippen LogP contribution in [0.15, 0.2) is 0 Å². The molecule has 2 N–H and O–H groups in total. The molecule has 23 heavy (non-hydrogen) atoms. The van der Waals surface area contributed by atoms with Gasteiger partial charge < -0.3 is 15.5 Å². The maximum atomic E-state index is 12.6. The highest BCUT2D eigenvalue weighted by atomic mass is 16.2. The van der Waals surface area contributed by atoms with E-state index in [1.165, 1.54) is 77.4 Å². The Morgan fingerprint density at radius 1 is 0.870 bits per heavy atom. The number of amides is 1. The summed E-state index contributed by atoms with van der Waals surface area (Å²) in [4.78, 5) is 17.3. The molecule has 3 fully saturated rings. The Bertz CT molecular complexity index is 367. The Balaban J connectivity index is 1.38. The monoisotopic (exact) mass is 321 g/mol. The first-order valence-electron chi connectivity index (χ1n) is 9.99. The Morgan fingerprint density at radius 2 is 1.52 bits per heavy atom. The molecule has 2 saturated heterocycles. The van der Waals surface area contributed by atoms with Crippen molar-refractivity contribution in [2.75, 3.05) is 32.7 Å². The normalized spacial score (nSPS) is 26.6. The first kappa shape index (κ1) is 17.2. The molecule has 0 bridgehead atoms. The van der Waals surface area contributed by atoms with Gasteiger partial charge in [-0.15, -0.1) is 0 Å². The van der Waals surface area contributed by atoms with Gasteiger partial charge in [-0.3, -0.25) is 4.79 Å². The number of carbonyl (C=O) groups excluding carboxylic acids is 1. The van der Waals surface area contributed by atoms with E-state index in [4.69, 9.17) is 5.73 Å². The van der Waals surface area contributed by atoms with E-state index in [1.807, 2.05) is 4.90 Å². The van der Waals surface area contributed by atoms with E-state index in [-0.39, 0.29) is 11.9 Å². The van der Waals surface area contributed by atoms with Crippen molar-refractivity contribution in [3.05, 3.63) is 0 Å². The summed E-state index contributed by atoms with van der Waals surface area (Å²) < 4.78 is 0. The first-order chi connectivity index (χ1) is 11.2. The van der Waals surface area contributed by atoms with Crippen molar-refractivity contribution in [2.45, 2.75) is 70.3 Å². The molecule has 0 radical (unpaired) electrons. The van der Waals surface area contributed by atoms with E-state index < -0.39 is 0 Å². The second-order valence-corrected chi connectivity index (χ2v) is 8.12. The van der Waals surface area contributed by atoms with Gasteiger partial charge in [-0.2, -0.15) is 0 Å². The maximum absolute atomic E-state index is 12.6. The van der Waals surface area contributed by atoms with Crippen LogP contribution in [0.3, 0.4) is 0 Å². The number of rotatable bonds is 5. The summed E-state index contributed by atoms with van der Waals surface area (Å²) in [7, 11) is 0. The predicted octanol–water partition coefficient (Wildman–Crippen LogP) is 2.62. The van der Waals surface area contributed by atoms with Crippen molar-refractivity contribution in [3.8, 4) is 0 Å². The van der Waals surface area contributed by atoms with Crippen molar-refractivity contribution >= 4 is 5.91 Å². The molecule has 0 aromatic heterocycles. The van der Waals surface area contributed by atoms with Gasteiger partial charge in [0.2, 0.25) is 5.91 Å². The fourth-order valence-corrected chi connectivity index (χ4v) is 4.78. The molecule has 2 heterocycles. The highest BCUT2D eigenvalue weighted by Crippen LogP contribution is 2.28. The molecule has 1 aliphatic carbocycles. The molecule has 3 aliphatic rings. The lowest BCUT2D eigenvalue weighted by molar-refractivity contribution is -0.134. The average Bonchev–Trinajstić information content (AvgIpc) is 3.09. The topological polar surface area (TPSA) is 49.6 Å². The molecule has 1 amide bonds. The second kappa shape index (κ2) is 8.48. The third-order valence-corrected chi connectivity index (χ3v) is 6.27. The third kappa shape index (κ3) is 4.93. The summed E-state index contributed by atoms with van der Waals surface area (Å²) in [5.41, 5.74) is 6.25. The lowest BCUT2D eigenvalue weighted by atomic mass is 9.84. The number of hydrogen-bond donors (Lipinski definition) is 1. The Morgan fingerprint density at radius 3 is 2.17 bits per heavy atom. The standard InChI is InChI=1S/C19H35N3O/c20-18(14-16-6-2-1-3-7-16)19(23)22-12-8-17(9-13-22)15-21-10-4-5-11-21/h16-18H,1-15,20H2. The summed E-state index contributed by atoms with van der Waals surface area (Å²) in [6, 6.07) is -0.256. The number of hydrogen-bond acceptors (Lipinski definition) is 3. The molecule has 132 valence electrons. The molecular formula is C19H35N3O. The van der Waals surface area contributed by atoms with E-state index >= 15 is 0 Å². The zero-order chi connectivity index (χ0) is 16.1. The Labute approximate surface area is 141 Å². The molecule has 1 atom stereocenters. The molecule has 1 unspecified atom stereocenters. The average molecular weight is 322 g/mol. The molecule has 4 heteroatoms. The maximum Gasteiger partial charge on any atom is 0.239 e. The lowest BCUT2D eigenvalue weighted by Crippen LogP contribution is -2.48. The number of nitrogens with two attached hydrogens (primary N) is 1. The van der Waals surface area contributed by atoms with Crippen molar-refractivity contribution in [3.63, 3.8) is 0 Å². The quantitative estimate of drug-likeness (QED) is 0.847. The van der Waals surface area contributed by atoms with E-state index in [9.17, 15) is 4.79 Å². The highest BCUT2D eigenvalue weighted by Gasteiger charge is 2.29. The lowest BCUT2D eigenvalue weighted by Gasteiger charge is -2.35. The number of nitrogens with zero attached hydrogens (tertiary/aromatic N) is 2. The molecule has 0 aromatic carbocycles. The van der Waals surface area contributed by atoms with Crippen LogP contribution >= 0.6 is 0 Å². The van der Waals surface area contributed by atoms with Gasteiger partial charge in [0, 0.05) is 19.6 Å². The minimum Gasteiger partial charge on any atom is -0.341 e. The Kier molecular flexibility index (Phi) is 6.35. The number of likely N-dealkylation sites (tertiary alicyclic amines) is 2. The van der Waals surface area contributed by atoms with Gasteiger partial charge in [0.15, 0.2) is 0 Å². The van der Waals surface area contributed by atoms with Crippen LogP contribution in [-0.2, 0) is 4.79 Å². The van der Waals surface area contributed by atoms with Crippen molar-refractivity contribution < 1.29 is 4.79 Å². The fraction of sp³-hybridized carbons (Fsp3) is 0.947. The van der Waals surface area contributed by atoms with Gasteiger partial charge in [-0.25, -0.2) is 0 Å². The van der Waals surface area contributed by atoms with E-state index in [0.29, 0.717) is 5.92 Å². The van der Waals surface area contributed by atoms with Crippen LogP contribution in [0.25, 0.3) is 0 Å². The zero-order valence-electron chi connectivity index (χ0n) is 14.7. The SMILES string of the molecule is NC(CC1CCCCC1)C(=O)N1CCC(CN2CCCC2)CC1. The zero-order valence-corrected chi connectivity index (χ0v) is 14.7. The third-order valence-electron chi connectivity index (χ3n) is 6.27. The smallest absolute Gasteiger partial charge is 0.239 e. The van der Waals surface area contributed by atoms with E-state index in [2.05, 4.69) is 4.90 Å². The van der Waals surface area contributed by atoms with Crippen LogP contribution < -0.4 is 5.73 Å². The molecule has 0 aromatic rings. The van der Waals surface area contributed by atoms with E-state index in [1.54, 1.807) is 0 Å². The second-order valence-electron chi connectivity index (χ2n) is 8.12. The predicted molar refractivity (Wildman–Crippen MR) is 94.1 cm³/mol. The molecule has 1 saturated carbocycles. The molecule has 0 spiro atoms. The molecular weight excluding hydrogens is 286 g/mol. The van der Waals surface area contributed by atoms with Crippen molar-refractivity contribution in [1.82, 2.24) is 9.80 Å². The van der Waals surface area contributed by atoms with E-state index in [0.717, 1.165) is 25.4 Å². The minimum atomic E-state index is -0.256. The van der Waals surface area contributed by atoms with Crippen LogP contribution in [-0.4, -0.2) is 54.5 Å². The van der Waals surface area contributed by atoms with Gasteiger partial charge in [-0.1, -0.05) is 32.1 Å². The first-order valence-corrected chi connectivity index (χ1v) is 9.99.